The highest BCUT2D eigenvalue weighted by molar-refractivity contribution is 5.70. The lowest BCUT2D eigenvalue weighted by Crippen LogP contribution is -2.66. The van der Waals surface area contributed by atoms with Crippen molar-refractivity contribution >= 4 is 6.09 Å². The molecule has 0 spiro atoms. The van der Waals surface area contributed by atoms with Crippen LogP contribution in [0.2, 0.25) is 0 Å². The molecule has 3 rings (SSSR count). The molecule has 1 amide bonds. The Balaban J connectivity index is 1.83. The third-order valence-corrected chi connectivity index (χ3v) is 5.14. The Morgan fingerprint density at radius 3 is 2.67 bits per heavy atom. The third-order valence-electron chi connectivity index (χ3n) is 5.14. The number of carbonyl (C=O) groups is 1. The lowest BCUT2D eigenvalue weighted by atomic mass is 9.76. The van der Waals surface area contributed by atoms with Crippen molar-refractivity contribution in [3.63, 3.8) is 0 Å². The lowest BCUT2D eigenvalue weighted by molar-refractivity contribution is -0.0489. The topological polar surface area (TPSA) is 50.8 Å². The van der Waals surface area contributed by atoms with E-state index < -0.39 is 5.60 Å². The Bertz CT molecular complexity index is 397. The highest BCUT2D eigenvalue weighted by Gasteiger charge is 2.56. The van der Waals surface area contributed by atoms with E-state index in [9.17, 15) is 4.79 Å². The maximum atomic E-state index is 12.8. The van der Waals surface area contributed by atoms with E-state index in [2.05, 4.69) is 10.2 Å². The van der Waals surface area contributed by atoms with Crippen molar-refractivity contribution in [3.8, 4) is 0 Å². The van der Waals surface area contributed by atoms with Gasteiger partial charge in [0.15, 0.2) is 0 Å². The first-order valence-corrected chi connectivity index (χ1v) is 8.23. The van der Waals surface area contributed by atoms with Gasteiger partial charge >= 0.3 is 6.09 Å². The summed E-state index contributed by atoms with van der Waals surface area (Å²) in [4.78, 5) is 14.9. The van der Waals surface area contributed by atoms with Crippen LogP contribution in [0.15, 0.2) is 0 Å². The summed E-state index contributed by atoms with van der Waals surface area (Å²) < 4.78 is 11.2. The second-order valence-electron chi connectivity index (χ2n) is 7.66. The van der Waals surface area contributed by atoms with Crippen LogP contribution in [0.5, 0.6) is 0 Å². The van der Waals surface area contributed by atoms with Crippen molar-refractivity contribution in [2.45, 2.75) is 63.6 Å². The minimum Gasteiger partial charge on any atom is -0.444 e. The number of hydrogen-bond donors (Lipinski definition) is 1. The van der Waals surface area contributed by atoms with Gasteiger partial charge in [0.2, 0.25) is 0 Å². The number of rotatable bonds is 1. The molecule has 5 nitrogen and oxygen atoms in total. The molecule has 3 saturated heterocycles. The van der Waals surface area contributed by atoms with E-state index in [1.807, 2.05) is 20.8 Å². The average Bonchev–Trinajstić information content (AvgIpc) is 2.66. The molecule has 3 fully saturated rings. The van der Waals surface area contributed by atoms with Gasteiger partial charge in [0, 0.05) is 32.3 Å². The molecule has 120 valence electrons. The van der Waals surface area contributed by atoms with Crippen LogP contribution in [-0.2, 0) is 9.47 Å². The number of fused-ring (bicyclic) bond motifs is 2. The Morgan fingerprint density at radius 1 is 1.29 bits per heavy atom. The fourth-order valence-corrected chi connectivity index (χ4v) is 4.27. The lowest BCUT2D eigenvalue weighted by Gasteiger charge is -2.50. The van der Waals surface area contributed by atoms with Crippen LogP contribution in [0.3, 0.4) is 0 Å². The Labute approximate surface area is 127 Å². The predicted octanol–water partition coefficient (Wildman–Crippen LogP) is 2.15. The number of hydrogen-bond acceptors (Lipinski definition) is 4. The van der Waals surface area contributed by atoms with Crippen LogP contribution in [0.25, 0.3) is 0 Å². The molecule has 0 aromatic heterocycles. The van der Waals surface area contributed by atoms with E-state index in [4.69, 9.17) is 9.47 Å². The quantitative estimate of drug-likeness (QED) is 0.805. The van der Waals surface area contributed by atoms with Crippen LogP contribution < -0.4 is 5.32 Å². The molecule has 2 bridgehead atoms. The first kappa shape index (κ1) is 15.1. The molecule has 0 aliphatic carbocycles. The Hall–Kier alpha value is -0.810. The maximum absolute atomic E-state index is 12.8. The number of ether oxygens (including phenoxy) is 2. The molecule has 21 heavy (non-hydrogen) atoms. The molecule has 3 heterocycles. The Morgan fingerprint density at radius 2 is 2.00 bits per heavy atom. The molecule has 0 aromatic carbocycles. The van der Waals surface area contributed by atoms with Crippen LogP contribution in [0.1, 0.15) is 46.5 Å². The summed E-state index contributed by atoms with van der Waals surface area (Å²) >= 11 is 0. The SMILES string of the molecule is CC(C)(C)OC(=O)N1[C@H]2CC[C@]1(C1CCOCC1)CNC2. The standard InChI is InChI=1S/C16H28N2O3/c1-15(2,3)21-14(19)18-13-4-7-16(18,11-17-10-13)12-5-8-20-9-6-12/h12-13,17H,4-11H2,1-3H3/t13-,16+/m0/s1. The van der Waals surface area contributed by atoms with Crippen molar-refractivity contribution in [1.29, 1.82) is 0 Å². The van der Waals surface area contributed by atoms with Crippen molar-refractivity contribution in [2.75, 3.05) is 26.3 Å². The van der Waals surface area contributed by atoms with E-state index in [0.717, 1.165) is 52.0 Å². The van der Waals surface area contributed by atoms with Gasteiger partial charge in [-0.15, -0.1) is 0 Å². The van der Waals surface area contributed by atoms with E-state index in [0.29, 0.717) is 5.92 Å². The van der Waals surface area contributed by atoms with Gasteiger partial charge in [-0.25, -0.2) is 4.79 Å². The highest BCUT2D eigenvalue weighted by Crippen LogP contribution is 2.45. The summed E-state index contributed by atoms with van der Waals surface area (Å²) in [6.07, 6.45) is 4.15. The summed E-state index contributed by atoms with van der Waals surface area (Å²) in [7, 11) is 0. The normalized spacial score (nSPS) is 34.0. The summed E-state index contributed by atoms with van der Waals surface area (Å²) in [6, 6.07) is 0.288. The van der Waals surface area contributed by atoms with Gasteiger partial charge < -0.3 is 14.8 Å². The second-order valence-corrected chi connectivity index (χ2v) is 7.66. The Kier molecular flexibility index (Phi) is 3.91. The van der Waals surface area contributed by atoms with Crippen LogP contribution in [-0.4, -0.2) is 54.5 Å². The minimum absolute atomic E-state index is 0.0605. The predicted molar refractivity (Wildman–Crippen MR) is 80.2 cm³/mol. The molecule has 3 aliphatic rings. The number of nitrogens with zero attached hydrogens (tertiary/aromatic N) is 1. The molecule has 1 N–H and O–H groups in total. The van der Waals surface area contributed by atoms with Crippen molar-refractivity contribution in [3.05, 3.63) is 0 Å². The zero-order chi connectivity index (χ0) is 15.1. The largest absolute Gasteiger partial charge is 0.444 e. The van der Waals surface area contributed by atoms with Crippen molar-refractivity contribution in [2.24, 2.45) is 5.92 Å². The molecule has 0 aromatic rings. The van der Waals surface area contributed by atoms with Gasteiger partial charge in [0.05, 0.1) is 5.54 Å². The third kappa shape index (κ3) is 2.78. The summed E-state index contributed by atoms with van der Waals surface area (Å²) in [6.45, 7) is 9.25. The van der Waals surface area contributed by atoms with Crippen molar-refractivity contribution in [1.82, 2.24) is 10.2 Å². The fourth-order valence-electron chi connectivity index (χ4n) is 4.27. The van der Waals surface area contributed by atoms with Gasteiger partial charge in [-0.05, 0) is 52.4 Å². The van der Waals surface area contributed by atoms with Crippen LogP contribution >= 0.6 is 0 Å². The minimum atomic E-state index is -0.432. The first-order valence-electron chi connectivity index (χ1n) is 8.23. The zero-order valence-corrected chi connectivity index (χ0v) is 13.5. The number of nitrogens with one attached hydrogen (secondary N) is 1. The summed E-state index contributed by atoms with van der Waals surface area (Å²) in [5.41, 5.74) is -0.493. The van der Waals surface area contributed by atoms with E-state index in [1.165, 1.54) is 0 Å². The number of amides is 1. The van der Waals surface area contributed by atoms with Crippen LogP contribution in [0.4, 0.5) is 4.79 Å². The van der Waals surface area contributed by atoms with Gasteiger partial charge in [0.1, 0.15) is 5.60 Å². The van der Waals surface area contributed by atoms with Gasteiger partial charge in [-0.3, -0.25) is 4.90 Å². The molecule has 3 aliphatic heterocycles. The molecule has 0 saturated carbocycles. The van der Waals surface area contributed by atoms with E-state index in [-0.39, 0.29) is 17.7 Å². The first-order chi connectivity index (χ1) is 9.92. The molecule has 0 unspecified atom stereocenters. The van der Waals surface area contributed by atoms with E-state index >= 15 is 0 Å². The monoisotopic (exact) mass is 296 g/mol. The number of carbonyl (C=O) groups excluding carboxylic acids is 1. The molecular formula is C16H28N2O3. The smallest absolute Gasteiger partial charge is 0.411 e. The molecule has 0 radical (unpaired) electrons. The highest BCUT2D eigenvalue weighted by atomic mass is 16.6. The fraction of sp³-hybridized carbons (Fsp3) is 0.938. The molecule has 2 atom stereocenters. The van der Waals surface area contributed by atoms with Crippen molar-refractivity contribution < 1.29 is 14.3 Å². The molecular weight excluding hydrogens is 268 g/mol. The van der Waals surface area contributed by atoms with Crippen LogP contribution in [0, 0.1) is 5.92 Å². The zero-order valence-electron chi connectivity index (χ0n) is 13.5. The summed E-state index contributed by atoms with van der Waals surface area (Å²) in [5.74, 6) is 0.525. The van der Waals surface area contributed by atoms with Gasteiger partial charge in [0.25, 0.3) is 0 Å². The summed E-state index contributed by atoms with van der Waals surface area (Å²) in [5, 5.41) is 3.54. The van der Waals surface area contributed by atoms with Gasteiger partial charge in [-0.1, -0.05) is 0 Å². The maximum Gasteiger partial charge on any atom is 0.411 e. The second kappa shape index (κ2) is 5.43. The number of piperazine rings is 1. The van der Waals surface area contributed by atoms with Gasteiger partial charge in [-0.2, -0.15) is 0 Å². The molecule has 5 heteroatoms. The van der Waals surface area contributed by atoms with E-state index in [1.54, 1.807) is 0 Å². The average molecular weight is 296 g/mol.